The first-order valence-electron chi connectivity index (χ1n) is 9.28. The number of thioether (sulfide) groups is 1. The van der Waals surface area contributed by atoms with Crippen LogP contribution in [0.3, 0.4) is 0 Å². The molecule has 2 aromatic heterocycles. The summed E-state index contributed by atoms with van der Waals surface area (Å²) in [5.74, 6) is 0.960. The van der Waals surface area contributed by atoms with Crippen molar-refractivity contribution >= 4 is 62.3 Å². The second kappa shape index (κ2) is 8.47. The number of hydrogen-bond donors (Lipinski definition) is 2. The molecule has 6 nitrogen and oxygen atoms in total. The van der Waals surface area contributed by atoms with E-state index in [1.165, 1.54) is 22.2 Å². The molecular weight excluding hydrogens is 428 g/mol. The molecule has 0 saturated heterocycles. The minimum absolute atomic E-state index is 0.141. The topological polar surface area (TPSA) is 90.1 Å². The molecule has 1 aromatic carbocycles. The average molecular weight is 449 g/mol. The smallest absolute Gasteiger partial charge is 0.234 e. The number of nitrogen functional groups attached to an aromatic ring is 1. The standard InChI is InChI=1S/C20H21ClN4O2S2/c1-10(2)14-7-13-15(8-27-14)29-19-17(13)18(22)24-20(25-19)28-9-16(26)23-12-5-3-11(21)4-6-12/h3-6,10,14H,7-9H2,1-2H3,(H,23,26)(H2,22,24,25)/t14-/m1/s1. The van der Waals surface area contributed by atoms with Crippen molar-refractivity contribution in [2.45, 2.75) is 38.1 Å². The number of carbonyl (C=O) groups is 1. The van der Waals surface area contributed by atoms with Gasteiger partial charge in [-0.1, -0.05) is 37.2 Å². The molecule has 3 aromatic rings. The van der Waals surface area contributed by atoms with Gasteiger partial charge in [0.1, 0.15) is 10.6 Å². The summed E-state index contributed by atoms with van der Waals surface area (Å²) in [6.07, 6.45) is 1.02. The minimum Gasteiger partial charge on any atom is -0.383 e. The molecule has 0 fully saturated rings. The number of nitrogens with zero attached hydrogens (tertiary/aromatic N) is 2. The highest BCUT2D eigenvalue weighted by atomic mass is 35.5. The lowest BCUT2D eigenvalue weighted by Crippen LogP contribution is -2.26. The van der Waals surface area contributed by atoms with Gasteiger partial charge in [-0.2, -0.15) is 0 Å². The predicted octanol–water partition coefficient (Wildman–Crippen LogP) is 4.76. The fourth-order valence-electron chi connectivity index (χ4n) is 3.24. The van der Waals surface area contributed by atoms with Crippen molar-refractivity contribution in [3.63, 3.8) is 0 Å². The first kappa shape index (κ1) is 20.4. The second-order valence-corrected chi connectivity index (χ2v) is 9.68. The number of carbonyl (C=O) groups excluding carboxylic acids is 1. The largest absolute Gasteiger partial charge is 0.383 e. The molecule has 0 radical (unpaired) electrons. The lowest BCUT2D eigenvalue weighted by molar-refractivity contribution is -0.113. The Morgan fingerprint density at radius 1 is 1.38 bits per heavy atom. The van der Waals surface area contributed by atoms with Crippen LogP contribution in [0.4, 0.5) is 11.5 Å². The summed E-state index contributed by atoms with van der Waals surface area (Å²) >= 11 is 8.72. The zero-order chi connectivity index (χ0) is 20.5. The van der Waals surface area contributed by atoms with Gasteiger partial charge in [0.25, 0.3) is 0 Å². The molecule has 1 amide bonds. The van der Waals surface area contributed by atoms with Crippen LogP contribution in [0.15, 0.2) is 29.4 Å². The molecule has 29 heavy (non-hydrogen) atoms. The number of amides is 1. The molecule has 0 unspecified atom stereocenters. The molecule has 0 aliphatic carbocycles. The first-order valence-corrected chi connectivity index (χ1v) is 11.5. The Morgan fingerprint density at radius 3 is 2.86 bits per heavy atom. The van der Waals surface area contributed by atoms with Gasteiger partial charge in [0.2, 0.25) is 5.91 Å². The van der Waals surface area contributed by atoms with E-state index in [4.69, 9.17) is 22.1 Å². The van der Waals surface area contributed by atoms with Gasteiger partial charge in [0, 0.05) is 22.0 Å². The van der Waals surface area contributed by atoms with E-state index in [0.717, 1.165) is 16.6 Å². The maximum absolute atomic E-state index is 12.2. The van der Waals surface area contributed by atoms with E-state index in [1.54, 1.807) is 35.6 Å². The number of rotatable bonds is 5. The number of ether oxygens (including phenoxy) is 1. The van der Waals surface area contributed by atoms with Crippen molar-refractivity contribution in [3.05, 3.63) is 39.7 Å². The van der Waals surface area contributed by atoms with Crippen LogP contribution in [0, 0.1) is 5.92 Å². The van der Waals surface area contributed by atoms with Crippen LogP contribution in [-0.2, 0) is 22.6 Å². The van der Waals surface area contributed by atoms with Crippen molar-refractivity contribution in [2.24, 2.45) is 5.92 Å². The zero-order valence-electron chi connectivity index (χ0n) is 16.1. The summed E-state index contributed by atoms with van der Waals surface area (Å²) in [6, 6.07) is 6.98. The molecule has 9 heteroatoms. The molecule has 152 valence electrons. The Balaban J connectivity index is 1.48. The number of benzene rings is 1. The van der Waals surface area contributed by atoms with Gasteiger partial charge in [0.15, 0.2) is 5.16 Å². The fourth-order valence-corrected chi connectivity index (χ4v) is 5.21. The van der Waals surface area contributed by atoms with Crippen LogP contribution in [-0.4, -0.2) is 27.7 Å². The van der Waals surface area contributed by atoms with Crippen LogP contribution in [0.1, 0.15) is 24.3 Å². The second-order valence-electron chi connectivity index (χ2n) is 7.22. The van der Waals surface area contributed by atoms with Crippen LogP contribution in [0.5, 0.6) is 0 Å². The van der Waals surface area contributed by atoms with Crippen LogP contribution in [0.25, 0.3) is 10.2 Å². The van der Waals surface area contributed by atoms with Crippen LogP contribution in [0.2, 0.25) is 5.02 Å². The molecule has 1 aliphatic heterocycles. The molecular formula is C20H21ClN4O2S2. The summed E-state index contributed by atoms with van der Waals surface area (Å²) < 4.78 is 5.96. The Labute approximate surface area is 182 Å². The Morgan fingerprint density at radius 2 is 2.14 bits per heavy atom. The summed E-state index contributed by atoms with van der Waals surface area (Å²) in [5.41, 5.74) is 8.19. The lowest BCUT2D eigenvalue weighted by atomic mass is 9.96. The molecule has 1 aliphatic rings. The third-order valence-electron chi connectivity index (χ3n) is 4.78. The number of anilines is 2. The molecule has 0 saturated carbocycles. The SMILES string of the molecule is CC(C)[C@H]1Cc2c(sc3nc(SCC(=O)Nc4ccc(Cl)cc4)nc(N)c23)CO1. The van der Waals surface area contributed by atoms with Gasteiger partial charge in [0.05, 0.1) is 23.8 Å². The third kappa shape index (κ3) is 4.50. The highest BCUT2D eigenvalue weighted by Crippen LogP contribution is 2.39. The summed E-state index contributed by atoms with van der Waals surface area (Å²) in [6.45, 7) is 4.91. The van der Waals surface area contributed by atoms with Crippen molar-refractivity contribution in [3.8, 4) is 0 Å². The summed E-state index contributed by atoms with van der Waals surface area (Å²) in [4.78, 5) is 23.3. The number of fused-ring (bicyclic) bond motifs is 3. The molecule has 1 atom stereocenters. The normalized spacial score (nSPS) is 16.2. The number of hydrogen-bond acceptors (Lipinski definition) is 7. The van der Waals surface area contributed by atoms with Crippen LogP contribution < -0.4 is 11.1 Å². The molecule has 3 heterocycles. The van der Waals surface area contributed by atoms with E-state index in [-0.39, 0.29) is 17.8 Å². The third-order valence-corrected chi connectivity index (χ3v) is 6.98. The molecule has 3 N–H and O–H groups in total. The average Bonchev–Trinajstić information content (AvgIpc) is 3.06. The van der Waals surface area contributed by atoms with E-state index in [2.05, 4.69) is 29.1 Å². The Kier molecular flexibility index (Phi) is 5.96. The van der Waals surface area contributed by atoms with E-state index in [1.807, 2.05) is 0 Å². The molecule has 0 spiro atoms. The first-order chi connectivity index (χ1) is 13.9. The van der Waals surface area contributed by atoms with Gasteiger partial charge in [-0.3, -0.25) is 4.79 Å². The van der Waals surface area contributed by atoms with E-state index >= 15 is 0 Å². The monoisotopic (exact) mass is 448 g/mol. The molecule has 0 bridgehead atoms. The molecule has 4 rings (SSSR count). The van der Waals surface area contributed by atoms with Gasteiger partial charge in [-0.15, -0.1) is 11.3 Å². The van der Waals surface area contributed by atoms with Crippen molar-refractivity contribution in [1.82, 2.24) is 9.97 Å². The predicted molar refractivity (Wildman–Crippen MR) is 120 cm³/mol. The summed E-state index contributed by atoms with van der Waals surface area (Å²) in [7, 11) is 0. The van der Waals surface area contributed by atoms with Crippen LogP contribution >= 0.6 is 34.7 Å². The highest BCUT2D eigenvalue weighted by molar-refractivity contribution is 7.99. The van der Waals surface area contributed by atoms with Gasteiger partial charge < -0.3 is 15.8 Å². The number of aromatic nitrogens is 2. The quantitative estimate of drug-likeness (QED) is 0.432. The van der Waals surface area contributed by atoms with Gasteiger partial charge >= 0.3 is 0 Å². The van der Waals surface area contributed by atoms with E-state index < -0.39 is 0 Å². The number of halogens is 1. The zero-order valence-corrected chi connectivity index (χ0v) is 18.5. The Hall–Kier alpha value is -1.87. The maximum Gasteiger partial charge on any atom is 0.234 e. The van der Waals surface area contributed by atoms with E-state index in [9.17, 15) is 4.79 Å². The fraction of sp³-hybridized carbons (Fsp3) is 0.350. The number of nitrogens with two attached hydrogens (primary N) is 1. The Bertz CT molecular complexity index is 1050. The highest BCUT2D eigenvalue weighted by Gasteiger charge is 2.27. The maximum atomic E-state index is 12.2. The number of thiophene rings is 1. The van der Waals surface area contributed by atoms with Crippen molar-refractivity contribution in [2.75, 3.05) is 16.8 Å². The van der Waals surface area contributed by atoms with E-state index in [0.29, 0.717) is 34.2 Å². The minimum atomic E-state index is -0.141. The van der Waals surface area contributed by atoms with Gasteiger partial charge in [-0.05, 0) is 35.7 Å². The number of nitrogens with one attached hydrogen (secondary N) is 1. The van der Waals surface area contributed by atoms with Crippen molar-refractivity contribution < 1.29 is 9.53 Å². The lowest BCUT2D eigenvalue weighted by Gasteiger charge is -2.26. The summed E-state index contributed by atoms with van der Waals surface area (Å²) in [5, 5.41) is 4.89. The van der Waals surface area contributed by atoms with Crippen molar-refractivity contribution in [1.29, 1.82) is 0 Å². The van der Waals surface area contributed by atoms with Gasteiger partial charge in [-0.25, -0.2) is 9.97 Å².